The van der Waals surface area contributed by atoms with Crippen molar-refractivity contribution in [3.05, 3.63) is 0 Å². The number of nitrogens with one attached hydrogen (secondary N) is 1. The van der Waals surface area contributed by atoms with Gasteiger partial charge in [0.05, 0.1) is 0 Å². The molecular formula is C13H22N2O4. The number of urea groups is 1. The lowest BCUT2D eigenvalue weighted by Gasteiger charge is -2.26. The van der Waals surface area contributed by atoms with Crippen molar-refractivity contribution in [2.75, 3.05) is 0 Å². The van der Waals surface area contributed by atoms with Gasteiger partial charge in [-0.05, 0) is 41.0 Å². The van der Waals surface area contributed by atoms with Crippen molar-refractivity contribution in [3.8, 4) is 0 Å². The molecule has 0 aromatic rings. The van der Waals surface area contributed by atoms with E-state index < -0.39 is 35.1 Å². The highest BCUT2D eigenvalue weighted by molar-refractivity contribution is 6.09. The van der Waals surface area contributed by atoms with Crippen molar-refractivity contribution in [2.24, 2.45) is 0 Å². The summed E-state index contributed by atoms with van der Waals surface area (Å²) >= 11 is 0. The largest absolute Gasteiger partial charge is 0.458 e. The Balaban J connectivity index is 2.89. The van der Waals surface area contributed by atoms with Gasteiger partial charge in [-0.3, -0.25) is 4.79 Å². The van der Waals surface area contributed by atoms with Crippen LogP contribution in [-0.2, 0) is 14.3 Å². The summed E-state index contributed by atoms with van der Waals surface area (Å²) in [5.41, 5.74) is -1.59. The summed E-state index contributed by atoms with van der Waals surface area (Å²) in [5.74, 6) is -0.977. The second kappa shape index (κ2) is 4.83. The molecule has 6 nitrogen and oxygen atoms in total. The number of esters is 1. The predicted molar refractivity (Wildman–Crippen MR) is 69.4 cm³/mol. The quantitative estimate of drug-likeness (QED) is 0.622. The van der Waals surface area contributed by atoms with Crippen molar-refractivity contribution < 1.29 is 19.1 Å². The second-order valence-electron chi connectivity index (χ2n) is 6.00. The summed E-state index contributed by atoms with van der Waals surface area (Å²) in [6, 6.07) is -1.48. The van der Waals surface area contributed by atoms with Gasteiger partial charge in [0.2, 0.25) is 0 Å². The van der Waals surface area contributed by atoms with Gasteiger partial charge in [-0.15, -0.1) is 0 Å². The van der Waals surface area contributed by atoms with Gasteiger partial charge in [0.25, 0.3) is 5.91 Å². The molecule has 0 saturated carbocycles. The molecule has 1 fully saturated rings. The molecule has 0 bridgehead atoms. The zero-order valence-corrected chi connectivity index (χ0v) is 12.4. The minimum atomic E-state index is -0.937. The Hall–Kier alpha value is -1.59. The normalized spacial score (nSPS) is 25.3. The minimum Gasteiger partial charge on any atom is -0.458 e. The highest BCUT2D eigenvalue weighted by Crippen LogP contribution is 2.23. The summed E-state index contributed by atoms with van der Waals surface area (Å²) in [4.78, 5) is 37.0. The highest BCUT2D eigenvalue weighted by atomic mass is 16.6. The standard InChI is InChI=1S/C13H22N2O4/c1-7-13(6)10(17)15(11(18)14-13)8(2)9(16)19-12(3,4)5/h8H,7H2,1-6H3,(H,14,18). The van der Waals surface area contributed by atoms with Crippen LogP contribution in [0.25, 0.3) is 0 Å². The maximum Gasteiger partial charge on any atom is 0.329 e. The van der Waals surface area contributed by atoms with E-state index in [1.807, 2.05) is 0 Å². The van der Waals surface area contributed by atoms with E-state index in [-0.39, 0.29) is 0 Å². The van der Waals surface area contributed by atoms with Crippen LogP contribution in [0.4, 0.5) is 4.79 Å². The number of carbonyl (C=O) groups excluding carboxylic acids is 3. The summed E-state index contributed by atoms with van der Waals surface area (Å²) in [6.45, 7) is 10.2. The van der Waals surface area contributed by atoms with E-state index in [9.17, 15) is 14.4 Å². The van der Waals surface area contributed by atoms with Gasteiger partial charge in [-0.25, -0.2) is 14.5 Å². The van der Waals surface area contributed by atoms with Crippen LogP contribution in [0.3, 0.4) is 0 Å². The molecule has 1 aliphatic heterocycles. The molecule has 108 valence electrons. The van der Waals surface area contributed by atoms with Crippen molar-refractivity contribution in [1.29, 1.82) is 0 Å². The molecule has 1 rings (SSSR count). The average molecular weight is 270 g/mol. The monoisotopic (exact) mass is 270 g/mol. The van der Waals surface area contributed by atoms with Gasteiger partial charge >= 0.3 is 12.0 Å². The Morgan fingerprint density at radius 2 is 1.95 bits per heavy atom. The van der Waals surface area contributed by atoms with Crippen molar-refractivity contribution >= 4 is 17.9 Å². The molecule has 1 saturated heterocycles. The minimum absolute atomic E-state index is 0.390. The summed E-state index contributed by atoms with van der Waals surface area (Å²) < 4.78 is 5.20. The van der Waals surface area contributed by atoms with Crippen molar-refractivity contribution in [3.63, 3.8) is 0 Å². The average Bonchev–Trinajstić information content (AvgIpc) is 2.47. The maximum absolute atomic E-state index is 12.2. The summed E-state index contributed by atoms with van der Waals surface area (Å²) in [6.07, 6.45) is 0.467. The lowest BCUT2D eigenvalue weighted by Crippen LogP contribution is -2.48. The number of hydrogen-bond acceptors (Lipinski definition) is 4. The SMILES string of the molecule is CCC1(C)NC(=O)N(C(C)C(=O)OC(C)(C)C)C1=O. The number of carbonyl (C=O) groups is 3. The van der Waals surface area contributed by atoms with Crippen molar-refractivity contribution in [2.45, 2.75) is 65.1 Å². The zero-order valence-electron chi connectivity index (χ0n) is 12.4. The molecule has 3 amide bonds. The van der Waals surface area contributed by atoms with Crippen molar-refractivity contribution in [1.82, 2.24) is 10.2 Å². The molecule has 0 aromatic heterocycles. The van der Waals surface area contributed by atoms with Crippen LogP contribution >= 0.6 is 0 Å². The third-order valence-corrected chi connectivity index (χ3v) is 3.13. The summed E-state index contributed by atoms with van der Waals surface area (Å²) in [7, 11) is 0. The Labute approximate surface area is 113 Å². The molecule has 1 aliphatic rings. The van der Waals surface area contributed by atoms with Gasteiger partial charge in [0, 0.05) is 0 Å². The van der Waals surface area contributed by atoms with E-state index in [4.69, 9.17) is 4.74 Å². The van der Waals surface area contributed by atoms with Gasteiger partial charge in [0.1, 0.15) is 17.2 Å². The molecule has 0 radical (unpaired) electrons. The molecule has 2 atom stereocenters. The number of rotatable bonds is 3. The van der Waals surface area contributed by atoms with Gasteiger partial charge in [-0.2, -0.15) is 0 Å². The molecular weight excluding hydrogens is 248 g/mol. The molecule has 0 aromatic carbocycles. The highest BCUT2D eigenvalue weighted by Gasteiger charge is 2.50. The first kappa shape index (κ1) is 15.5. The Kier molecular flexibility index (Phi) is 3.93. The first-order valence-corrected chi connectivity index (χ1v) is 6.40. The molecule has 2 unspecified atom stereocenters. The van der Waals surface area contributed by atoms with Crippen LogP contribution in [-0.4, -0.2) is 40.0 Å². The Bertz CT molecular complexity index is 413. The number of hydrogen-bond donors (Lipinski definition) is 1. The summed E-state index contributed by atoms with van der Waals surface area (Å²) in [5, 5.41) is 2.61. The Morgan fingerprint density at radius 3 is 2.32 bits per heavy atom. The fraction of sp³-hybridized carbons (Fsp3) is 0.769. The lowest BCUT2D eigenvalue weighted by molar-refractivity contribution is -0.162. The molecule has 1 N–H and O–H groups in total. The van der Waals surface area contributed by atoms with Crippen LogP contribution in [0.2, 0.25) is 0 Å². The van der Waals surface area contributed by atoms with E-state index >= 15 is 0 Å². The van der Waals surface area contributed by atoms with Gasteiger partial charge in [0.15, 0.2) is 0 Å². The fourth-order valence-corrected chi connectivity index (χ4v) is 1.79. The van der Waals surface area contributed by atoms with E-state index in [2.05, 4.69) is 5.32 Å². The number of imide groups is 1. The number of ether oxygens (including phenoxy) is 1. The van der Waals surface area contributed by atoms with Crippen LogP contribution in [0.15, 0.2) is 0 Å². The number of amides is 3. The molecule has 0 spiro atoms. The van der Waals surface area contributed by atoms with Crippen LogP contribution in [0.1, 0.15) is 48.0 Å². The van der Waals surface area contributed by atoms with E-state index in [1.165, 1.54) is 6.92 Å². The lowest BCUT2D eigenvalue weighted by atomic mass is 9.99. The molecule has 6 heteroatoms. The van der Waals surface area contributed by atoms with Crippen LogP contribution in [0, 0.1) is 0 Å². The third kappa shape index (κ3) is 3.05. The predicted octanol–water partition coefficient (Wildman–Crippen LogP) is 1.44. The smallest absolute Gasteiger partial charge is 0.329 e. The van der Waals surface area contributed by atoms with E-state index in [0.717, 1.165) is 4.90 Å². The first-order chi connectivity index (χ1) is 8.52. The fourth-order valence-electron chi connectivity index (χ4n) is 1.79. The van der Waals surface area contributed by atoms with Crippen LogP contribution in [0.5, 0.6) is 0 Å². The number of nitrogens with zero attached hydrogens (tertiary/aromatic N) is 1. The van der Waals surface area contributed by atoms with E-state index in [1.54, 1.807) is 34.6 Å². The molecule has 19 heavy (non-hydrogen) atoms. The van der Waals surface area contributed by atoms with Gasteiger partial charge in [-0.1, -0.05) is 6.92 Å². The van der Waals surface area contributed by atoms with E-state index in [0.29, 0.717) is 6.42 Å². The van der Waals surface area contributed by atoms with Crippen LogP contribution < -0.4 is 5.32 Å². The molecule has 1 heterocycles. The first-order valence-electron chi connectivity index (χ1n) is 6.40. The zero-order chi connectivity index (χ0) is 15.0. The molecule has 0 aliphatic carbocycles. The topological polar surface area (TPSA) is 75.7 Å². The van der Waals surface area contributed by atoms with Gasteiger partial charge < -0.3 is 10.1 Å². The second-order valence-corrected chi connectivity index (χ2v) is 6.00. The maximum atomic E-state index is 12.2. The third-order valence-electron chi connectivity index (χ3n) is 3.13. The Morgan fingerprint density at radius 1 is 1.42 bits per heavy atom.